The summed E-state index contributed by atoms with van der Waals surface area (Å²) in [5.41, 5.74) is 3.55. The van der Waals surface area contributed by atoms with Crippen LogP contribution in [0.4, 0.5) is 0 Å². The number of hydrogen-bond donors (Lipinski definition) is 3. The zero-order chi connectivity index (χ0) is 15.2. The summed E-state index contributed by atoms with van der Waals surface area (Å²) in [5, 5.41) is 13.5. The van der Waals surface area contributed by atoms with Crippen molar-refractivity contribution in [1.82, 2.24) is 10.3 Å². The molecule has 1 unspecified atom stereocenters. The van der Waals surface area contributed by atoms with Gasteiger partial charge < -0.3 is 15.4 Å². The third-order valence-electron chi connectivity index (χ3n) is 3.90. The van der Waals surface area contributed by atoms with Gasteiger partial charge in [-0.1, -0.05) is 25.1 Å². The highest BCUT2D eigenvalue weighted by Gasteiger charge is 2.08. The number of aromatic amines is 1. The molecule has 3 N–H and O–H groups in total. The second-order valence-electron chi connectivity index (χ2n) is 5.51. The van der Waals surface area contributed by atoms with Gasteiger partial charge >= 0.3 is 0 Å². The number of aliphatic hydroxyl groups excluding tert-OH is 1. The first-order valence-electron chi connectivity index (χ1n) is 7.62. The van der Waals surface area contributed by atoms with Gasteiger partial charge in [-0.2, -0.15) is 0 Å². The summed E-state index contributed by atoms with van der Waals surface area (Å²) in [6.07, 6.45) is 4.22. The van der Waals surface area contributed by atoms with Crippen molar-refractivity contribution in [3.8, 4) is 0 Å². The molecule has 1 atom stereocenters. The van der Waals surface area contributed by atoms with E-state index in [1.807, 2.05) is 19.2 Å². The normalized spacial score (nSPS) is 12.5. The van der Waals surface area contributed by atoms with Gasteiger partial charge in [0.2, 0.25) is 5.91 Å². The van der Waals surface area contributed by atoms with Crippen molar-refractivity contribution in [2.75, 3.05) is 6.54 Å². The molecule has 2 rings (SSSR count). The number of hydrogen-bond acceptors (Lipinski definition) is 2. The van der Waals surface area contributed by atoms with Crippen molar-refractivity contribution in [3.05, 3.63) is 35.5 Å². The minimum absolute atomic E-state index is 0.0420. The summed E-state index contributed by atoms with van der Waals surface area (Å²) < 4.78 is 0. The number of aromatic nitrogens is 1. The van der Waals surface area contributed by atoms with Gasteiger partial charge in [-0.25, -0.2) is 0 Å². The molecule has 0 aliphatic carbocycles. The Kier molecular flexibility index (Phi) is 5.39. The van der Waals surface area contributed by atoms with Crippen LogP contribution in [-0.2, 0) is 11.2 Å². The molecule has 1 heterocycles. The number of carbonyl (C=O) groups is 1. The molecular formula is C17H24N2O2. The summed E-state index contributed by atoms with van der Waals surface area (Å²) in [6, 6.07) is 6.21. The highest BCUT2D eigenvalue weighted by Crippen LogP contribution is 2.22. The van der Waals surface area contributed by atoms with E-state index in [1.54, 1.807) is 0 Å². The van der Waals surface area contributed by atoms with Crippen molar-refractivity contribution in [2.45, 2.75) is 45.6 Å². The zero-order valence-corrected chi connectivity index (χ0v) is 12.8. The standard InChI is InChI=1S/C17H24N2O2/c1-3-14(20)9-10-18-16(21)8-7-13-11-19-17-12(2)5-4-6-15(13)17/h4-6,11,14,19-20H,3,7-10H2,1-2H3,(H,18,21). The van der Waals surface area contributed by atoms with Crippen molar-refractivity contribution in [1.29, 1.82) is 0 Å². The van der Waals surface area contributed by atoms with Gasteiger partial charge in [0.05, 0.1) is 6.10 Å². The van der Waals surface area contributed by atoms with E-state index in [0.717, 1.165) is 18.4 Å². The Labute approximate surface area is 125 Å². The molecular weight excluding hydrogens is 264 g/mol. The van der Waals surface area contributed by atoms with Gasteiger partial charge in [-0.15, -0.1) is 0 Å². The van der Waals surface area contributed by atoms with E-state index in [-0.39, 0.29) is 12.0 Å². The Morgan fingerprint density at radius 3 is 3.00 bits per heavy atom. The molecule has 0 radical (unpaired) electrons. The molecule has 0 aliphatic rings. The van der Waals surface area contributed by atoms with Crippen LogP contribution in [0, 0.1) is 6.92 Å². The van der Waals surface area contributed by atoms with Gasteiger partial charge in [0, 0.05) is 30.1 Å². The van der Waals surface area contributed by atoms with Crippen LogP contribution in [0.2, 0.25) is 0 Å². The molecule has 114 valence electrons. The van der Waals surface area contributed by atoms with Crippen LogP contribution in [0.5, 0.6) is 0 Å². The molecule has 4 nitrogen and oxygen atoms in total. The molecule has 21 heavy (non-hydrogen) atoms. The molecule has 1 amide bonds. The maximum atomic E-state index is 11.8. The van der Waals surface area contributed by atoms with Crippen LogP contribution < -0.4 is 5.32 Å². The van der Waals surface area contributed by atoms with E-state index in [1.165, 1.54) is 16.5 Å². The first-order valence-corrected chi connectivity index (χ1v) is 7.62. The van der Waals surface area contributed by atoms with Crippen LogP contribution in [0.3, 0.4) is 0 Å². The summed E-state index contributed by atoms with van der Waals surface area (Å²) in [6.45, 7) is 4.56. The fraction of sp³-hybridized carbons (Fsp3) is 0.471. The summed E-state index contributed by atoms with van der Waals surface area (Å²) >= 11 is 0. The van der Waals surface area contributed by atoms with Crippen LogP contribution in [0.15, 0.2) is 24.4 Å². The van der Waals surface area contributed by atoms with Crippen LogP contribution in [0.1, 0.15) is 37.3 Å². The van der Waals surface area contributed by atoms with Gasteiger partial charge in [0.1, 0.15) is 0 Å². The molecule has 0 saturated heterocycles. The smallest absolute Gasteiger partial charge is 0.220 e. The lowest BCUT2D eigenvalue weighted by Gasteiger charge is -2.08. The average Bonchev–Trinajstić information content (AvgIpc) is 2.89. The van der Waals surface area contributed by atoms with Gasteiger partial charge in [0.15, 0.2) is 0 Å². The van der Waals surface area contributed by atoms with E-state index in [9.17, 15) is 9.90 Å². The zero-order valence-electron chi connectivity index (χ0n) is 12.8. The van der Waals surface area contributed by atoms with Crippen LogP contribution >= 0.6 is 0 Å². The molecule has 1 aromatic carbocycles. The van der Waals surface area contributed by atoms with E-state index >= 15 is 0 Å². The Hall–Kier alpha value is -1.81. The van der Waals surface area contributed by atoms with Crippen LogP contribution in [0.25, 0.3) is 10.9 Å². The van der Waals surface area contributed by atoms with Crippen LogP contribution in [-0.4, -0.2) is 28.6 Å². The summed E-state index contributed by atoms with van der Waals surface area (Å²) in [7, 11) is 0. The number of nitrogens with one attached hydrogen (secondary N) is 2. The number of amides is 1. The highest BCUT2D eigenvalue weighted by molar-refractivity contribution is 5.86. The Bertz CT molecular complexity index is 604. The first-order chi connectivity index (χ1) is 10.1. The SMILES string of the molecule is CCC(O)CCNC(=O)CCc1c[nH]c2c(C)cccc12. The summed E-state index contributed by atoms with van der Waals surface area (Å²) in [4.78, 5) is 15.1. The quantitative estimate of drug-likeness (QED) is 0.733. The van der Waals surface area contributed by atoms with Gasteiger partial charge in [0.25, 0.3) is 0 Å². The van der Waals surface area contributed by atoms with E-state index in [2.05, 4.69) is 29.4 Å². The van der Waals surface area contributed by atoms with Crippen molar-refractivity contribution >= 4 is 16.8 Å². The maximum absolute atomic E-state index is 11.8. The number of para-hydroxylation sites is 1. The molecule has 0 saturated carbocycles. The van der Waals surface area contributed by atoms with E-state index < -0.39 is 0 Å². The Morgan fingerprint density at radius 2 is 2.24 bits per heavy atom. The first kappa shape index (κ1) is 15.6. The molecule has 2 aromatic rings. The minimum atomic E-state index is -0.318. The largest absolute Gasteiger partial charge is 0.393 e. The second kappa shape index (κ2) is 7.27. The lowest BCUT2D eigenvalue weighted by Crippen LogP contribution is -2.27. The topological polar surface area (TPSA) is 65.1 Å². The van der Waals surface area contributed by atoms with E-state index in [0.29, 0.717) is 19.4 Å². The number of H-pyrrole nitrogens is 1. The number of aliphatic hydroxyl groups is 1. The van der Waals surface area contributed by atoms with Gasteiger partial charge in [-0.3, -0.25) is 4.79 Å². The number of aryl methyl sites for hydroxylation is 2. The molecule has 0 spiro atoms. The minimum Gasteiger partial charge on any atom is -0.393 e. The summed E-state index contributed by atoms with van der Waals surface area (Å²) in [5.74, 6) is 0.0420. The van der Waals surface area contributed by atoms with Gasteiger partial charge in [-0.05, 0) is 37.3 Å². The fourth-order valence-electron chi connectivity index (χ4n) is 2.49. The average molecular weight is 288 g/mol. The maximum Gasteiger partial charge on any atom is 0.220 e. The number of carbonyl (C=O) groups excluding carboxylic acids is 1. The van der Waals surface area contributed by atoms with Crippen molar-refractivity contribution in [3.63, 3.8) is 0 Å². The molecule has 4 heteroatoms. The molecule has 0 aliphatic heterocycles. The molecule has 0 bridgehead atoms. The molecule has 0 fully saturated rings. The fourth-order valence-corrected chi connectivity index (χ4v) is 2.49. The number of rotatable bonds is 7. The third-order valence-corrected chi connectivity index (χ3v) is 3.90. The van der Waals surface area contributed by atoms with Crippen molar-refractivity contribution < 1.29 is 9.90 Å². The number of fused-ring (bicyclic) bond motifs is 1. The predicted octanol–water partition coefficient (Wildman–Crippen LogP) is 2.69. The predicted molar refractivity (Wildman–Crippen MR) is 85.3 cm³/mol. The Balaban J connectivity index is 1.84. The second-order valence-corrected chi connectivity index (χ2v) is 5.51. The molecule has 1 aromatic heterocycles. The Morgan fingerprint density at radius 1 is 1.43 bits per heavy atom. The lowest BCUT2D eigenvalue weighted by molar-refractivity contribution is -0.121. The third kappa shape index (κ3) is 4.08. The number of benzene rings is 1. The monoisotopic (exact) mass is 288 g/mol. The van der Waals surface area contributed by atoms with E-state index in [4.69, 9.17) is 0 Å². The van der Waals surface area contributed by atoms with Crippen molar-refractivity contribution in [2.24, 2.45) is 0 Å². The lowest BCUT2D eigenvalue weighted by atomic mass is 10.1. The highest BCUT2D eigenvalue weighted by atomic mass is 16.3.